The number of morpholine rings is 1. The fourth-order valence-corrected chi connectivity index (χ4v) is 4.15. The number of hydrogen-bond acceptors (Lipinski definition) is 6. The van der Waals surface area contributed by atoms with Crippen LogP contribution in [0.1, 0.15) is 41.9 Å². The zero-order chi connectivity index (χ0) is 19.9. The van der Waals surface area contributed by atoms with Gasteiger partial charge in [-0.25, -0.2) is 0 Å². The summed E-state index contributed by atoms with van der Waals surface area (Å²) in [7, 11) is 0. The van der Waals surface area contributed by atoms with Crippen LogP contribution in [0.25, 0.3) is 0 Å². The third-order valence-corrected chi connectivity index (χ3v) is 5.85. The van der Waals surface area contributed by atoms with E-state index in [1.807, 2.05) is 23.2 Å². The molecule has 0 radical (unpaired) electrons. The highest BCUT2D eigenvalue weighted by Crippen LogP contribution is 2.22. The first-order valence-electron chi connectivity index (χ1n) is 10.7. The van der Waals surface area contributed by atoms with Crippen LogP contribution in [-0.4, -0.2) is 81.1 Å². The number of carbonyl (C=O) groups excluding carboxylic acids is 1. The number of ether oxygens (including phenoxy) is 1. The number of amides is 1. The van der Waals surface area contributed by atoms with Gasteiger partial charge in [-0.3, -0.25) is 19.4 Å². The van der Waals surface area contributed by atoms with E-state index in [9.17, 15) is 4.79 Å². The van der Waals surface area contributed by atoms with Crippen LogP contribution in [-0.2, 0) is 17.7 Å². The van der Waals surface area contributed by atoms with E-state index in [1.165, 1.54) is 6.42 Å². The largest absolute Gasteiger partial charge is 0.379 e. The molecule has 0 aliphatic carbocycles. The number of hydrogen-bond donors (Lipinski definition) is 0. The molecule has 29 heavy (non-hydrogen) atoms. The van der Waals surface area contributed by atoms with E-state index < -0.39 is 0 Å². The molecule has 1 amide bonds. The molecule has 2 saturated heterocycles. The zero-order valence-corrected chi connectivity index (χ0v) is 16.9. The van der Waals surface area contributed by atoms with Crippen LogP contribution in [0.15, 0.2) is 30.6 Å². The minimum absolute atomic E-state index is 0.00773. The second-order valence-corrected chi connectivity index (χ2v) is 7.83. The normalized spacial score (nSPS) is 20.7. The van der Waals surface area contributed by atoms with Gasteiger partial charge in [0.1, 0.15) is 0 Å². The smallest absolute Gasteiger partial charge is 0.276 e. The summed E-state index contributed by atoms with van der Waals surface area (Å²) in [6.07, 6.45) is 8.72. The Balaban J connectivity index is 1.33. The van der Waals surface area contributed by atoms with Crippen LogP contribution in [0, 0.1) is 0 Å². The third kappa shape index (κ3) is 5.39. The van der Waals surface area contributed by atoms with Crippen molar-refractivity contribution in [3.63, 3.8) is 0 Å². The molecule has 0 N–H and O–H groups in total. The van der Waals surface area contributed by atoms with E-state index in [2.05, 4.69) is 26.3 Å². The van der Waals surface area contributed by atoms with Crippen LogP contribution in [0.3, 0.4) is 0 Å². The topological polar surface area (TPSA) is 76.4 Å². The predicted molar refractivity (Wildman–Crippen MR) is 109 cm³/mol. The molecule has 0 saturated carbocycles. The van der Waals surface area contributed by atoms with Crippen LogP contribution in [0.2, 0.25) is 0 Å². The molecule has 4 heterocycles. The Labute approximate surface area is 171 Å². The molecule has 2 aliphatic rings. The van der Waals surface area contributed by atoms with Crippen molar-refractivity contribution in [1.29, 1.82) is 0 Å². The van der Waals surface area contributed by atoms with Gasteiger partial charge < -0.3 is 9.64 Å². The molecule has 4 rings (SSSR count). The molecule has 2 aliphatic heterocycles. The van der Waals surface area contributed by atoms with Gasteiger partial charge in [0, 0.05) is 44.1 Å². The fourth-order valence-electron chi connectivity index (χ4n) is 4.15. The molecule has 156 valence electrons. The van der Waals surface area contributed by atoms with E-state index in [4.69, 9.17) is 4.74 Å². The molecule has 8 heteroatoms. The van der Waals surface area contributed by atoms with Gasteiger partial charge in [-0.15, -0.1) is 5.10 Å². The predicted octanol–water partition coefficient (Wildman–Crippen LogP) is 1.63. The highest BCUT2D eigenvalue weighted by atomic mass is 16.5. The molecule has 2 aromatic heterocycles. The molecule has 2 aromatic rings. The Morgan fingerprint density at radius 1 is 1.14 bits per heavy atom. The third-order valence-electron chi connectivity index (χ3n) is 5.85. The molecule has 0 bridgehead atoms. The first-order chi connectivity index (χ1) is 14.3. The molecule has 8 nitrogen and oxygen atoms in total. The Hall–Kier alpha value is -2.32. The second-order valence-electron chi connectivity index (χ2n) is 7.83. The Bertz CT molecular complexity index is 774. The van der Waals surface area contributed by atoms with Gasteiger partial charge in [0.15, 0.2) is 5.69 Å². The number of rotatable bonds is 7. The van der Waals surface area contributed by atoms with Crippen molar-refractivity contribution in [3.05, 3.63) is 42.0 Å². The highest BCUT2D eigenvalue weighted by molar-refractivity contribution is 5.92. The fraction of sp³-hybridized carbons (Fsp3) is 0.619. The van der Waals surface area contributed by atoms with Crippen LogP contribution in [0.5, 0.6) is 0 Å². The summed E-state index contributed by atoms with van der Waals surface area (Å²) < 4.78 is 7.17. The molecule has 2 fully saturated rings. The Morgan fingerprint density at radius 3 is 2.86 bits per heavy atom. The zero-order valence-electron chi connectivity index (χ0n) is 16.9. The summed E-state index contributed by atoms with van der Waals surface area (Å²) in [4.78, 5) is 21.9. The van der Waals surface area contributed by atoms with E-state index in [0.29, 0.717) is 5.69 Å². The standard InChI is InChI=1S/C21H30N6O2/c28-21(20-17-26(24-23-20)12-11-25-13-15-29-16-14-25)27-10-4-2-6-19(27)8-7-18-5-1-3-9-22-18/h1,3,5,9,17,19H,2,4,6-8,10-16H2. The summed E-state index contributed by atoms with van der Waals surface area (Å²) >= 11 is 0. The maximum atomic E-state index is 13.1. The average molecular weight is 399 g/mol. The minimum atomic E-state index is 0.00773. The summed E-state index contributed by atoms with van der Waals surface area (Å²) in [5, 5.41) is 8.36. The Morgan fingerprint density at radius 2 is 2.03 bits per heavy atom. The summed E-state index contributed by atoms with van der Waals surface area (Å²) in [5.74, 6) is 0.00773. The van der Waals surface area contributed by atoms with Crippen LogP contribution < -0.4 is 0 Å². The van der Waals surface area contributed by atoms with Crippen molar-refractivity contribution >= 4 is 5.91 Å². The average Bonchev–Trinajstić information content (AvgIpc) is 3.26. The van der Waals surface area contributed by atoms with E-state index >= 15 is 0 Å². The highest BCUT2D eigenvalue weighted by Gasteiger charge is 2.29. The summed E-state index contributed by atoms with van der Waals surface area (Å²) in [5.41, 5.74) is 1.54. The number of aryl methyl sites for hydroxylation is 1. The maximum Gasteiger partial charge on any atom is 0.276 e. The van der Waals surface area contributed by atoms with Crippen molar-refractivity contribution in [3.8, 4) is 0 Å². The molecule has 0 aromatic carbocycles. The van der Waals surface area contributed by atoms with Crippen molar-refractivity contribution in [2.45, 2.75) is 44.7 Å². The van der Waals surface area contributed by atoms with Crippen LogP contribution >= 0.6 is 0 Å². The van der Waals surface area contributed by atoms with Gasteiger partial charge in [0.25, 0.3) is 5.91 Å². The first-order valence-corrected chi connectivity index (χ1v) is 10.7. The quantitative estimate of drug-likeness (QED) is 0.706. The number of pyridine rings is 1. The number of nitrogens with zero attached hydrogens (tertiary/aromatic N) is 6. The summed E-state index contributed by atoms with van der Waals surface area (Å²) in [6.45, 7) is 5.91. The monoisotopic (exact) mass is 398 g/mol. The number of piperidine rings is 1. The molecule has 1 atom stereocenters. The van der Waals surface area contributed by atoms with E-state index in [0.717, 1.165) is 77.3 Å². The molecule has 0 spiro atoms. The van der Waals surface area contributed by atoms with Gasteiger partial charge in [-0.05, 0) is 44.2 Å². The van der Waals surface area contributed by atoms with Gasteiger partial charge in [0.05, 0.1) is 26.0 Å². The number of aromatic nitrogens is 4. The van der Waals surface area contributed by atoms with Crippen molar-refractivity contribution in [2.24, 2.45) is 0 Å². The molecule has 1 unspecified atom stereocenters. The lowest BCUT2D eigenvalue weighted by molar-refractivity contribution is 0.0359. The van der Waals surface area contributed by atoms with Crippen molar-refractivity contribution in [2.75, 3.05) is 39.4 Å². The number of likely N-dealkylation sites (tertiary alicyclic amines) is 1. The van der Waals surface area contributed by atoms with Crippen molar-refractivity contribution < 1.29 is 9.53 Å². The lowest BCUT2D eigenvalue weighted by atomic mass is 9.96. The van der Waals surface area contributed by atoms with Crippen LogP contribution in [0.4, 0.5) is 0 Å². The maximum absolute atomic E-state index is 13.1. The molecular formula is C21H30N6O2. The SMILES string of the molecule is O=C(c1cn(CCN2CCOCC2)nn1)N1CCCCC1CCc1ccccn1. The first kappa shape index (κ1) is 20.0. The molecular weight excluding hydrogens is 368 g/mol. The van der Waals surface area contributed by atoms with Gasteiger partial charge >= 0.3 is 0 Å². The summed E-state index contributed by atoms with van der Waals surface area (Å²) in [6, 6.07) is 6.25. The van der Waals surface area contributed by atoms with Crippen molar-refractivity contribution in [1.82, 2.24) is 29.8 Å². The minimum Gasteiger partial charge on any atom is -0.379 e. The van der Waals surface area contributed by atoms with Gasteiger partial charge in [0.2, 0.25) is 0 Å². The van der Waals surface area contributed by atoms with E-state index in [1.54, 1.807) is 10.9 Å². The lowest BCUT2D eigenvalue weighted by Crippen LogP contribution is -2.44. The van der Waals surface area contributed by atoms with Gasteiger partial charge in [-0.1, -0.05) is 11.3 Å². The lowest BCUT2D eigenvalue weighted by Gasteiger charge is -2.35. The number of carbonyl (C=O) groups is 1. The van der Waals surface area contributed by atoms with Gasteiger partial charge in [-0.2, -0.15) is 0 Å². The second kappa shape index (κ2) is 9.93. The Kier molecular flexibility index (Phi) is 6.84. The van der Waals surface area contributed by atoms with E-state index in [-0.39, 0.29) is 11.9 Å².